The molecule has 2 aromatic rings. The van der Waals surface area contributed by atoms with Gasteiger partial charge in [-0.3, -0.25) is 9.59 Å². The Bertz CT molecular complexity index is 846. The zero-order chi connectivity index (χ0) is 22.8. The molecule has 0 aliphatic rings. The molecule has 0 fully saturated rings. The lowest BCUT2D eigenvalue weighted by Gasteiger charge is -2.29. The van der Waals surface area contributed by atoms with Crippen molar-refractivity contribution in [3.05, 3.63) is 65.2 Å². The van der Waals surface area contributed by atoms with Crippen LogP contribution in [0, 0.1) is 6.92 Å². The number of carbonyl (C=O) groups is 2. The maximum absolute atomic E-state index is 13.1. The number of hydrogen-bond donors (Lipinski definition) is 1. The summed E-state index contributed by atoms with van der Waals surface area (Å²) in [6.45, 7) is 11.0. The highest BCUT2D eigenvalue weighted by atomic mass is 16.5. The summed E-state index contributed by atoms with van der Waals surface area (Å²) in [5.41, 5.74) is 3.33. The number of carbonyl (C=O) groups excluding carboxylic acids is 2. The van der Waals surface area contributed by atoms with Crippen molar-refractivity contribution < 1.29 is 14.3 Å². The second-order valence-corrected chi connectivity index (χ2v) is 8.34. The first kappa shape index (κ1) is 24.4. The maximum Gasteiger partial charge on any atom is 0.261 e. The highest BCUT2D eigenvalue weighted by molar-refractivity contribution is 5.87. The Kier molecular flexibility index (Phi) is 9.57. The summed E-state index contributed by atoms with van der Waals surface area (Å²) < 4.78 is 5.75. The zero-order valence-corrected chi connectivity index (χ0v) is 19.5. The van der Waals surface area contributed by atoms with Crippen LogP contribution < -0.4 is 10.1 Å². The van der Waals surface area contributed by atoms with E-state index in [9.17, 15) is 9.59 Å². The first-order valence-electron chi connectivity index (χ1n) is 11.2. The second-order valence-electron chi connectivity index (χ2n) is 8.34. The van der Waals surface area contributed by atoms with Gasteiger partial charge in [-0.05, 0) is 49.4 Å². The first-order valence-corrected chi connectivity index (χ1v) is 11.2. The minimum Gasteiger partial charge on any atom is -0.484 e. The number of ether oxygens (including phenoxy) is 1. The lowest BCUT2D eigenvalue weighted by molar-refractivity contribution is -0.142. The van der Waals surface area contributed by atoms with Crippen molar-refractivity contribution in [2.24, 2.45) is 0 Å². The summed E-state index contributed by atoms with van der Waals surface area (Å²) in [5, 5.41) is 2.93. The van der Waals surface area contributed by atoms with Gasteiger partial charge in [-0.1, -0.05) is 69.2 Å². The molecule has 5 nitrogen and oxygen atoms in total. The molecular weight excluding hydrogens is 388 g/mol. The average molecular weight is 425 g/mol. The van der Waals surface area contributed by atoms with E-state index in [0.29, 0.717) is 24.8 Å². The third kappa shape index (κ3) is 7.74. The fourth-order valence-electron chi connectivity index (χ4n) is 3.30. The molecule has 2 rings (SSSR count). The van der Waals surface area contributed by atoms with Gasteiger partial charge in [-0.15, -0.1) is 0 Å². The normalized spacial score (nSPS) is 11.8. The van der Waals surface area contributed by atoms with E-state index in [1.165, 1.54) is 5.56 Å². The minimum atomic E-state index is -0.586. The molecule has 0 aromatic heterocycles. The Labute approximate surface area is 186 Å². The van der Waals surface area contributed by atoms with Crippen molar-refractivity contribution >= 4 is 11.8 Å². The third-order valence-electron chi connectivity index (χ3n) is 5.34. The molecule has 1 unspecified atom stereocenters. The van der Waals surface area contributed by atoms with Crippen molar-refractivity contribution in [3.8, 4) is 5.75 Å². The fourth-order valence-corrected chi connectivity index (χ4v) is 3.30. The van der Waals surface area contributed by atoms with Gasteiger partial charge in [-0.25, -0.2) is 0 Å². The van der Waals surface area contributed by atoms with Gasteiger partial charge in [0, 0.05) is 13.1 Å². The zero-order valence-electron chi connectivity index (χ0n) is 19.5. The lowest BCUT2D eigenvalue weighted by Crippen LogP contribution is -2.49. The topological polar surface area (TPSA) is 58.6 Å². The molecule has 0 bridgehead atoms. The summed E-state index contributed by atoms with van der Waals surface area (Å²) in [6, 6.07) is 15.2. The number of nitrogens with one attached hydrogen (secondary N) is 1. The van der Waals surface area contributed by atoms with E-state index in [0.717, 1.165) is 24.0 Å². The van der Waals surface area contributed by atoms with Gasteiger partial charge in [0.1, 0.15) is 11.8 Å². The number of benzene rings is 2. The van der Waals surface area contributed by atoms with Crippen LogP contribution in [0.1, 0.15) is 63.1 Å². The van der Waals surface area contributed by atoms with Crippen LogP contribution in [0.5, 0.6) is 5.75 Å². The van der Waals surface area contributed by atoms with Crippen LogP contribution in [0.3, 0.4) is 0 Å². The van der Waals surface area contributed by atoms with Crippen molar-refractivity contribution in [1.29, 1.82) is 0 Å². The van der Waals surface area contributed by atoms with Crippen LogP contribution in [0.25, 0.3) is 0 Å². The van der Waals surface area contributed by atoms with Crippen molar-refractivity contribution in [1.82, 2.24) is 10.2 Å². The van der Waals surface area contributed by atoms with Crippen molar-refractivity contribution in [3.63, 3.8) is 0 Å². The molecule has 31 heavy (non-hydrogen) atoms. The van der Waals surface area contributed by atoms with Gasteiger partial charge in [-0.2, -0.15) is 0 Å². The summed E-state index contributed by atoms with van der Waals surface area (Å²) >= 11 is 0. The molecule has 2 aromatic carbocycles. The van der Waals surface area contributed by atoms with Gasteiger partial charge < -0.3 is 15.0 Å². The molecule has 168 valence electrons. The number of amides is 2. The Morgan fingerprint density at radius 3 is 2.39 bits per heavy atom. The molecule has 5 heteroatoms. The number of hydrogen-bond acceptors (Lipinski definition) is 3. The maximum atomic E-state index is 13.1. The summed E-state index contributed by atoms with van der Waals surface area (Å²) in [4.78, 5) is 27.3. The lowest BCUT2D eigenvalue weighted by atomic mass is 10.0. The van der Waals surface area contributed by atoms with E-state index in [4.69, 9.17) is 4.74 Å². The average Bonchev–Trinajstić information content (AvgIpc) is 2.75. The minimum absolute atomic E-state index is 0.112. The largest absolute Gasteiger partial charge is 0.484 e. The van der Waals surface area contributed by atoms with E-state index in [1.54, 1.807) is 11.8 Å². The molecule has 0 heterocycles. The highest BCUT2D eigenvalue weighted by Crippen LogP contribution is 2.19. The summed E-state index contributed by atoms with van der Waals surface area (Å²) in [7, 11) is 0. The summed E-state index contributed by atoms with van der Waals surface area (Å²) in [5.74, 6) is 0.726. The van der Waals surface area contributed by atoms with Crippen LogP contribution in [-0.2, 0) is 16.1 Å². The van der Waals surface area contributed by atoms with E-state index in [2.05, 4.69) is 26.1 Å². The van der Waals surface area contributed by atoms with Gasteiger partial charge in [0.05, 0.1) is 0 Å². The molecule has 0 radical (unpaired) electrons. The molecule has 0 spiro atoms. The monoisotopic (exact) mass is 424 g/mol. The van der Waals surface area contributed by atoms with Gasteiger partial charge in [0.25, 0.3) is 5.91 Å². The fraction of sp³-hybridized carbons (Fsp3) is 0.462. The Morgan fingerprint density at radius 1 is 1.06 bits per heavy atom. The second kappa shape index (κ2) is 12.1. The molecule has 0 aliphatic carbocycles. The number of nitrogens with zero attached hydrogens (tertiary/aromatic N) is 1. The van der Waals surface area contributed by atoms with E-state index in [1.807, 2.05) is 55.5 Å². The molecule has 0 saturated heterocycles. The predicted molar refractivity (Wildman–Crippen MR) is 125 cm³/mol. The quantitative estimate of drug-likeness (QED) is 0.526. The Hall–Kier alpha value is -2.82. The Balaban J connectivity index is 2.09. The molecule has 1 atom stereocenters. The van der Waals surface area contributed by atoms with Crippen LogP contribution >= 0.6 is 0 Å². The number of unbranched alkanes of at least 4 members (excludes halogenated alkanes) is 1. The van der Waals surface area contributed by atoms with E-state index >= 15 is 0 Å². The van der Waals surface area contributed by atoms with Crippen LogP contribution in [-0.4, -0.2) is 35.9 Å². The smallest absolute Gasteiger partial charge is 0.261 e. The number of aryl methyl sites for hydroxylation is 1. The molecule has 0 aliphatic heterocycles. The van der Waals surface area contributed by atoms with Crippen LogP contribution in [0.2, 0.25) is 0 Å². The molecule has 0 saturated carbocycles. The molecular formula is C26H36N2O3. The van der Waals surface area contributed by atoms with Crippen molar-refractivity contribution in [2.75, 3.05) is 13.2 Å². The van der Waals surface area contributed by atoms with Gasteiger partial charge in [0.15, 0.2) is 6.61 Å². The van der Waals surface area contributed by atoms with Gasteiger partial charge >= 0.3 is 0 Å². The summed E-state index contributed by atoms with van der Waals surface area (Å²) in [6.07, 6.45) is 1.92. The predicted octanol–water partition coefficient (Wildman–Crippen LogP) is 4.83. The first-order chi connectivity index (χ1) is 14.8. The van der Waals surface area contributed by atoms with Crippen LogP contribution in [0.4, 0.5) is 0 Å². The van der Waals surface area contributed by atoms with Gasteiger partial charge in [0.2, 0.25) is 5.91 Å². The standard InChI is InChI=1S/C26H36N2O3/c1-6-7-15-27-26(30)21(5)28(17-22-10-8-9-20(4)16-22)25(29)18-31-24-13-11-23(12-14-24)19(2)3/h8-14,16,19,21H,6-7,15,17-18H2,1-5H3,(H,27,30). The van der Waals surface area contributed by atoms with Crippen LogP contribution in [0.15, 0.2) is 48.5 Å². The molecule has 2 amide bonds. The SMILES string of the molecule is CCCCNC(=O)C(C)N(Cc1cccc(C)c1)C(=O)COc1ccc(C(C)C)cc1. The third-order valence-corrected chi connectivity index (χ3v) is 5.34. The van der Waals surface area contributed by atoms with E-state index < -0.39 is 6.04 Å². The van der Waals surface area contributed by atoms with Crippen molar-refractivity contribution in [2.45, 2.75) is 66.0 Å². The Morgan fingerprint density at radius 2 is 1.77 bits per heavy atom. The number of rotatable bonds is 11. The highest BCUT2D eigenvalue weighted by Gasteiger charge is 2.26. The molecule has 1 N–H and O–H groups in total. The van der Waals surface area contributed by atoms with E-state index in [-0.39, 0.29) is 18.4 Å².